The average Bonchev–Trinajstić information content (AvgIpc) is 2.46. The van der Waals surface area contributed by atoms with Crippen LogP contribution in [-0.4, -0.2) is 7.11 Å². The van der Waals surface area contributed by atoms with Crippen molar-refractivity contribution in [1.29, 1.82) is 0 Å². The molecule has 0 unspecified atom stereocenters. The molecule has 0 aromatic heterocycles. The van der Waals surface area contributed by atoms with Gasteiger partial charge in [0.25, 0.3) is 0 Å². The third-order valence-corrected chi connectivity index (χ3v) is 3.02. The fourth-order valence-electron chi connectivity index (χ4n) is 1.88. The van der Waals surface area contributed by atoms with E-state index in [1.165, 1.54) is 12.1 Å². The molecule has 2 N–H and O–H groups in total. The van der Waals surface area contributed by atoms with E-state index in [0.29, 0.717) is 18.1 Å². The van der Waals surface area contributed by atoms with Crippen LogP contribution in [0.15, 0.2) is 42.5 Å². The Kier molecular flexibility index (Phi) is 4.58. The van der Waals surface area contributed by atoms with Crippen molar-refractivity contribution in [2.75, 3.05) is 7.11 Å². The number of halogens is 1. The predicted octanol–water partition coefficient (Wildman–Crippen LogP) is 3.43. The highest BCUT2D eigenvalue weighted by molar-refractivity contribution is 5.42. The quantitative estimate of drug-likeness (QED) is 0.909. The van der Waals surface area contributed by atoms with Crippen molar-refractivity contribution in [3.05, 3.63) is 59.4 Å². The van der Waals surface area contributed by atoms with Crippen LogP contribution < -0.4 is 15.2 Å². The number of rotatable bonds is 5. The van der Waals surface area contributed by atoms with Crippen molar-refractivity contribution in [2.45, 2.75) is 19.6 Å². The molecule has 0 radical (unpaired) electrons. The van der Waals surface area contributed by atoms with Crippen LogP contribution in [-0.2, 0) is 6.61 Å². The number of methoxy groups -OCH3 is 1. The Bertz CT molecular complexity index is 567. The van der Waals surface area contributed by atoms with E-state index in [1.54, 1.807) is 19.2 Å². The van der Waals surface area contributed by atoms with E-state index in [4.69, 9.17) is 15.2 Å². The minimum Gasteiger partial charge on any atom is -0.497 e. The highest BCUT2D eigenvalue weighted by Crippen LogP contribution is 2.29. The minimum atomic E-state index is -0.258. The summed E-state index contributed by atoms with van der Waals surface area (Å²) in [6.45, 7) is 2.25. The molecule has 1 atom stereocenters. The summed E-state index contributed by atoms with van der Waals surface area (Å²) in [4.78, 5) is 0. The molecule has 2 rings (SSSR count). The van der Waals surface area contributed by atoms with Crippen molar-refractivity contribution in [3.63, 3.8) is 0 Å². The molecule has 4 heteroatoms. The molecule has 0 saturated carbocycles. The van der Waals surface area contributed by atoms with Gasteiger partial charge in [0.2, 0.25) is 0 Å². The molecular formula is C16H18FNO2. The van der Waals surface area contributed by atoms with Crippen LogP contribution >= 0.6 is 0 Å². The second-order valence-electron chi connectivity index (χ2n) is 4.61. The first-order valence-corrected chi connectivity index (χ1v) is 6.41. The molecule has 0 bridgehead atoms. The van der Waals surface area contributed by atoms with E-state index in [1.807, 2.05) is 25.1 Å². The van der Waals surface area contributed by atoms with Crippen molar-refractivity contribution >= 4 is 0 Å². The number of hydrogen-bond acceptors (Lipinski definition) is 3. The number of hydrogen-bond donors (Lipinski definition) is 1. The van der Waals surface area contributed by atoms with Crippen LogP contribution in [0.25, 0.3) is 0 Å². The topological polar surface area (TPSA) is 44.5 Å². The standard InChI is InChI=1S/C16H18FNO2/c1-11(18)15-8-7-14(19-2)9-16(15)20-10-12-3-5-13(17)6-4-12/h3-9,11H,10,18H2,1-2H3/t11-/m0/s1. The molecule has 2 aromatic rings. The molecule has 106 valence electrons. The Labute approximate surface area is 118 Å². The summed E-state index contributed by atoms with van der Waals surface area (Å²) < 4.78 is 23.8. The van der Waals surface area contributed by atoms with Crippen molar-refractivity contribution in [1.82, 2.24) is 0 Å². The molecule has 0 fully saturated rings. The van der Waals surface area contributed by atoms with E-state index >= 15 is 0 Å². The Morgan fingerprint density at radius 2 is 1.85 bits per heavy atom. The molecule has 2 aromatic carbocycles. The van der Waals surface area contributed by atoms with E-state index in [2.05, 4.69) is 0 Å². The minimum absolute atomic E-state index is 0.135. The summed E-state index contributed by atoms with van der Waals surface area (Å²) in [7, 11) is 1.60. The number of nitrogens with two attached hydrogens (primary N) is 1. The molecule has 0 aliphatic rings. The van der Waals surface area contributed by atoms with Crippen molar-refractivity contribution in [2.24, 2.45) is 5.73 Å². The van der Waals surface area contributed by atoms with Gasteiger partial charge >= 0.3 is 0 Å². The van der Waals surface area contributed by atoms with Crippen molar-refractivity contribution < 1.29 is 13.9 Å². The maximum Gasteiger partial charge on any atom is 0.128 e. The average molecular weight is 275 g/mol. The fraction of sp³-hybridized carbons (Fsp3) is 0.250. The molecule has 3 nitrogen and oxygen atoms in total. The van der Waals surface area contributed by atoms with Crippen LogP contribution in [0.3, 0.4) is 0 Å². The first kappa shape index (κ1) is 14.3. The third kappa shape index (κ3) is 3.48. The summed E-state index contributed by atoms with van der Waals surface area (Å²) in [6, 6.07) is 11.6. The first-order chi connectivity index (χ1) is 9.60. The summed E-state index contributed by atoms with van der Waals surface area (Å²) in [5.74, 6) is 1.14. The maximum atomic E-state index is 12.8. The van der Waals surface area contributed by atoms with Gasteiger partial charge in [0.1, 0.15) is 23.9 Å². The van der Waals surface area contributed by atoms with E-state index < -0.39 is 0 Å². The third-order valence-electron chi connectivity index (χ3n) is 3.02. The van der Waals surface area contributed by atoms with Gasteiger partial charge in [-0.3, -0.25) is 0 Å². The summed E-state index contributed by atoms with van der Waals surface area (Å²) in [6.07, 6.45) is 0. The summed E-state index contributed by atoms with van der Waals surface area (Å²) in [5.41, 5.74) is 7.73. The van der Waals surface area contributed by atoms with Gasteiger partial charge in [0, 0.05) is 17.7 Å². The first-order valence-electron chi connectivity index (χ1n) is 6.41. The highest BCUT2D eigenvalue weighted by Gasteiger charge is 2.10. The van der Waals surface area contributed by atoms with Crippen LogP contribution in [0.5, 0.6) is 11.5 Å². The lowest BCUT2D eigenvalue weighted by Gasteiger charge is -2.15. The van der Waals surface area contributed by atoms with Gasteiger partial charge in [-0.2, -0.15) is 0 Å². The Balaban J connectivity index is 2.16. The monoisotopic (exact) mass is 275 g/mol. The van der Waals surface area contributed by atoms with Gasteiger partial charge < -0.3 is 15.2 Å². The second-order valence-corrected chi connectivity index (χ2v) is 4.61. The molecule has 20 heavy (non-hydrogen) atoms. The van der Waals surface area contributed by atoms with Gasteiger partial charge in [-0.1, -0.05) is 18.2 Å². The van der Waals surface area contributed by atoms with Crippen LogP contribution in [0.2, 0.25) is 0 Å². The zero-order valence-electron chi connectivity index (χ0n) is 11.6. The Morgan fingerprint density at radius 1 is 1.15 bits per heavy atom. The Morgan fingerprint density at radius 3 is 2.45 bits per heavy atom. The lowest BCUT2D eigenvalue weighted by molar-refractivity contribution is 0.299. The van der Waals surface area contributed by atoms with Gasteiger partial charge in [-0.15, -0.1) is 0 Å². The lowest BCUT2D eigenvalue weighted by atomic mass is 10.1. The summed E-state index contributed by atoms with van der Waals surface area (Å²) >= 11 is 0. The molecule has 0 spiro atoms. The largest absolute Gasteiger partial charge is 0.497 e. The van der Waals surface area contributed by atoms with E-state index in [0.717, 1.165) is 11.1 Å². The molecule has 0 aliphatic carbocycles. The van der Waals surface area contributed by atoms with Gasteiger partial charge in [0.15, 0.2) is 0 Å². The van der Waals surface area contributed by atoms with Gasteiger partial charge in [0.05, 0.1) is 7.11 Å². The number of benzene rings is 2. The zero-order valence-corrected chi connectivity index (χ0v) is 11.6. The molecule has 0 amide bonds. The lowest BCUT2D eigenvalue weighted by Crippen LogP contribution is -2.08. The van der Waals surface area contributed by atoms with Gasteiger partial charge in [-0.25, -0.2) is 4.39 Å². The van der Waals surface area contributed by atoms with E-state index in [9.17, 15) is 4.39 Å². The zero-order chi connectivity index (χ0) is 14.5. The predicted molar refractivity (Wildman–Crippen MR) is 76.3 cm³/mol. The van der Waals surface area contributed by atoms with Crippen molar-refractivity contribution in [3.8, 4) is 11.5 Å². The van der Waals surface area contributed by atoms with Crippen LogP contribution in [0.1, 0.15) is 24.1 Å². The molecular weight excluding hydrogens is 257 g/mol. The Hall–Kier alpha value is -2.07. The summed E-state index contributed by atoms with van der Waals surface area (Å²) in [5, 5.41) is 0. The molecule has 0 heterocycles. The van der Waals surface area contributed by atoms with Crippen LogP contribution in [0, 0.1) is 5.82 Å². The molecule has 0 aliphatic heterocycles. The maximum absolute atomic E-state index is 12.8. The fourth-order valence-corrected chi connectivity index (χ4v) is 1.88. The van der Waals surface area contributed by atoms with Crippen LogP contribution in [0.4, 0.5) is 4.39 Å². The highest BCUT2D eigenvalue weighted by atomic mass is 19.1. The number of ether oxygens (including phenoxy) is 2. The smallest absolute Gasteiger partial charge is 0.128 e. The second kappa shape index (κ2) is 6.39. The normalized spacial score (nSPS) is 12.0. The molecule has 0 saturated heterocycles. The van der Waals surface area contributed by atoms with E-state index in [-0.39, 0.29) is 11.9 Å². The SMILES string of the molecule is COc1ccc([C@H](C)N)c(OCc2ccc(F)cc2)c1. The van der Waals surface area contributed by atoms with Gasteiger partial charge in [-0.05, 0) is 30.7 Å².